The SMILES string of the molecule is CCN(CC)C(=O)c1cccc(NC(=O)NCC(F)(F)C(F)F)c1. The van der Waals surface area contributed by atoms with E-state index >= 15 is 0 Å². The second-order valence-corrected chi connectivity index (χ2v) is 4.93. The Morgan fingerprint density at radius 3 is 2.38 bits per heavy atom. The third kappa shape index (κ3) is 5.39. The number of anilines is 1. The molecule has 0 aliphatic heterocycles. The van der Waals surface area contributed by atoms with Crippen LogP contribution in [0.4, 0.5) is 28.0 Å². The third-order valence-electron chi connectivity index (χ3n) is 3.22. The summed E-state index contributed by atoms with van der Waals surface area (Å²) in [6, 6.07) is 4.83. The van der Waals surface area contributed by atoms with Crippen LogP contribution in [0.5, 0.6) is 0 Å². The predicted octanol–water partition coefficient (Wildman–Crippen LogP) is 3.19. The van der Waals surface area contributed by atoms with Gasteiger partial charge in [0.05, 0.1) is 6.54 Å². The Labute approximate surface area is 137 Å². The lowest BCUT2D eigenvalue weighted by molar-refractivity contribution is -0.123. The monoisotopic (exact) mass is 349 g/mol. The number of urea groups is 1. The van der Waals surface area contributed by atoms with Crippen molar-refractivity contribution in [2.45, 2.75) is 26.2 Å². The molecule has 0 aliphatic rings. The van der Waals surface area contributed by atoms with Crippen molar-refractivity contribution in [1.29, 1.82) is 0 Å². The second kappa shape index (κ2) is 8.51. The molecule has 0 fully saturated rings. The van der Waals surface area contributed by atoms with E-state index in [0.29, 0.717) is 18.7 Å². The number of carbonyl (C=O) groups is 2. The Morgan fingerprint density at radius 2 is 1.83 bits per heavy atom. The van der Waals surface area contributed by atoms with Crippen molar-refractivity contribution < 1.29 is 27.2 Å². The van der Waals surface area contributed by atoms with E-state index in [1.54, 1.807) is 16.3 Å². The van der Waals surface area contributed by atoms with Crippen molar-refractivity contribution in [3.63, 3.8) is 0 Å². The quantitative estimate of drug-likeness (QED) is 0.743. The van der Waals surface area contributed by atoms with Gasteiger partial charge in [0.1, 0.15) is 0 Å². The van der Waals surface area contributed by atoms with Crippen molar-refractivity contribution in [3.8, 4) is 0 Å². The summed E-state index contributed by atoms with van der Waals surface area (Å²) < 4.78 is 49.5. The van der Waals surface area contributed by atoms with Gasteiger partial charge in [-0.15, -0.1) is 0 Å². The molecule has 0 bridgehead atoms. The van der Waals surface area contributed by atoms with Gasteiger partial charge in [0.15, 0.2) is 0 Å². The van der Waals surface area contributed by atoms with Gasteiger partial charge in [0.25, 0.3) is 5.91 Å². The second-order valence-electron chi connectivity index (χ2n) is 4.93. The fourth-order valence-electron chi connectivity index (χ4n) is 1.87. The number of nitrogens with zero attached hydrogens (tertiary/aromatic N) is 1. The molecule has 0 heterocycles. The van der Waals surface area contributed by atoms with Gasteiger partial charge in [-0.2, -0.15) is 8.78 Å². The van der Waals surface area contributed by atoms with E-state index in [2.05, 4.69) is 5.32 Å². The molecule has 0 spiro atoms. The van der Waals surface area contributed by atoms with Crippen LogP contribution in [-0.2, 0) is 0 Å². The van der Waals surface area contributed by atoms with Crippen LogP contribution in [-0.4, -0.2) is 48.8 Å². The smallest absolute Gasteiger partial charge is 0.324 e. The first-order valence-corrected chi connectivity index (χ1v) is 7.31. The fraction of sp³-hybridized carbons (Fsp3) is 0.467. The lowest BCUT2D eigenvalue weighted by atomic mass is 10.1. The van der Waals surface area contributed by atoms with E-state index in [0.717, 1.165) is 0 Å². The summed E-state index contributed by atoms with van der Waals surface area (Å²) in [5.41, 5.74) is 0.500. The van der Waals surface area contributed by atoms with Crippen molar-refractivity contribution in [1.82, 2.24) is 10.2 Å². The molecule has 1 aromatic rings. The minimum atomic E-state index is -4.31. The molecule has 3 amide bonds. The standard InChI is InChI=1S/C15H19F4N3O2/c1-3-22(4-2)12(23)10-6-5-7-11(8-10)21-14(24)20-9-15(18,19)13(16)17/h5-8,13H,3-4,9H2,1-2H3,(H2,20,21,24). The van der Waals surface area contributed by atoms with Crippen molar-refractivity contribution >= 4 is 17.6 Å². The molecule has 0 unspecified atom stereocenters. The summed E-state index contributed by atoms with van der Waals surface area (Å²) in [5, 5.41) is 3.90. The molecule has 5 nitrogen and oxygen atoms in total. The number of carbonyl (C=O) groups excluding carboxylic acids is 2. The Hall–Kier alpha value is -2.32. The van der Waals surface area contributed by atoms with Crippen LogP contribution in [0.2, 0.25) is 0 Å². The van der Waals surface area contributed by atoms with E-state index in [1.165, 1.54) is 18.2 Å². The van der Waals surface area contributed by atoms with E-state index in [4.69, 9.17) is 0 Å². The maximum absolute atomic E-state index is 12.7. The average Bonchev–Trinajstić information content (AvgIpc) is 2.54. The topological polar surface area (TPSA) is 61.4 Å². The highest BCUT2D eigenvalue weighted by atomic mass is 19.3. The number of benzene rings is 1. The molecule has 2 N–H and O–H groups in total. The van der Waals surface area contributed by atoms with Gasteiger partial charge in [0.2, 0.25) is 0 Å². The number of amides is 3. The van der Waals surface area contributed by atoms with Crippen LogP contribution in [0.15, 0.2) is 24.3 Å². The Morgan fingerprint density at radius 1 is 1.21 bits per heavy atom. The molecule has 0 saturated carbocycles. The van der Waals surface area contributed by atoms with Crippen LogP contribution in [0.3, 0.4) is 0 Å². The number of alkyl halides is 4. The van der Waals surface area contributed by atoms with Crippen LogP contribution in [0, 0.1) is 0 Å². The Kier molecular flexibility index (Phi) is 6.99. The molecule has 0 atom stereocenters. The summed E-state index contributed by atoms with van der Waals surface area (Å²) in [6.45, 7) is 3.17. The first-order valence-electron chi connectivity index (χ1n) is 7.31. The van der Waals surface area contributed by atoms with Gasteiger partial charge < -0.3 is 15.5 Å². The lowest BCUT2D eigenvalue weighted by Gasteiger charge is -2.19. The normalized spacial score (nSPS) is 11.3. The van der Waals surface area contributed by atoms with Gasteiger partial charge in [-0.05, 0) is 32.0 Å². The first kappa shape index (κ1) is 19.7. The van der Waals surface area contributed by atoms with Crippen molar-refractivity contribution in [2.75, 3.05) is 25.0 Å². The lowest BCUT2D eigenvalue weighted by Crippen LogP contribution is -2.43. The van der Waals surface area contributed by atoms with E-state index in [1.807, 2.05) is 13.8 Å². The number of halogens is 4. The number of hydrogen-bond acceptors (Lipinski definition) is 2. The van der Waals surface area contributed by atoms with Crippen LogP contribution in [0.25, 0.3) is 0 Å². The van der Waals surface area contributed by atoms with Crippen molar-refractivity contribution in [2.24, 2.45) is 0 Å². The third-order valence-corrected chi connectivity index (χ3v) is 3.22. The van der Waals surface area contributed by atoms with Gasteiger partial charge in [-0.25, -0.2) is 13.6 Å². The van der Waals surface area contributed by atoms with Crippen LogP contribution < -0.4 is 10.6 Å². The van der Waals surface area contributed by atoms with E-state index in [9.17, 15) is 27.2 Å². The summed E-state index contributed by atoms with van der Waals surface area (Å²) in [6.07, 6.45) is -3.87. The Balaban J connectivity index is 2.71. The summed E-state index contributed by atoms with van der Waals surface area (Å²) in [5.74, 6) is -4.55. The number of rotatable bonds is 7. The highest BCUT2D eigenvalue weighted by Gasteiger charge is 2.40. The van der Waals surface area contributed by atoms with Gasteiger partial charge in [-0.1, -0.05) is 6.07 Å². The molecule has 0 aliphatic carbocycles. The molecule has 9 heteroatoms. The molecule has 24 heavy (non-hydrogen) atoms. The highest BCUT2D eigenvalue weighted by Crippen LogP contribution is 2.21. The number of hydrogen-bond donors (Lipinski definition) is 2. The van der Waals surface area contributed by atoms with Crippen LogP contribution >= 0.6 is 0 Å². The summed E-state index contributed by atoms with van der Waals surface area (Å²) in [4.78, 5) is 25.3. The van der Waals surface area contributed by atoms with Gasteiger partial charge >= 0.3 is 18.4 Å². The van der Waals surface area contributed by atoms with E-state index in [-0.39, 0.29) is 11.6 Å². The summed E-state index contributed by atoms with van der Waals surface area (Å²) >= 11 is 0. The zero-order valence-corrected chi connectivity index (χ0v) is 13.3. The minimum absolute atomic E-state index is 0.186. The summed E-state index contributed by atoms with van der Waals surface area (Å²) in [7, 11) is 0. The zero-order chi connectivity index (χ0) is 18.3. The van der Waals surface area contributed by atoms with Gasteiger partial charge in [-0.3, -0.25) is 4.79 Å². The van der Waals surface area contributed by atoms with Gasteiger partial charge in [0, 0.05) is 24.3 Å². The maximum Gasteiger partial charge on any atom is 0.324 e. The highest BCUT2D eigenvalue weighted by molar-refractivity contribution is 5.96. The molecule has 0 aromatic heterocycles. The molecular formula is C15H19F4N3O2. The average molecular weight is 349 g/mol. The predicted molar refractivity (Wildman–Crippen MR) is 81.7 cm³/mol. The van der Waals surface area contributed by atoms with Crippen LogP contribution in [0.1, 0.15) is 24.2 Å². The largest absolute Gasteiger partial charge is 0.339 e. The number of nitrogens with one attached hydrogen (secondary N) is 2. The molecule has 0 radical (unpaired) electrons. The maximum atomic E-state index is 12.7. The first-order chi connectivity index (χ1) is 11.2. The molecule has 1 rings (SSSR count). The Bertz CT molecular complexity index is 578. The molecule has 1 aromatic carbocycles. The van der Waals surface area contributed by atoms with Crippen molar-refractivity contribution in [3.05, 3.63) is 29.8 Å². The zero-order valence-electron chi connectivity index (χ0n) is 13.3. The molecular weight excluding hydrogens is 330 g/mol. The molecule has 134 valence electrons. The minimum Gasteiger partial charge on any atom is -0.339 e. The fourth-order valence-corrected chi connectivity index (χ4v) is 1.87. The molecule has 0 saturated heterocycles. The van der Waals surface area contributed by atoms with E-state index < -0.39 is 24.9 Å².